The average Bonchev–Trinajstić information content (AvgIpc) is 3.01. The molecule has 3 aromatic carbocycles. The first kappa shape index (κ1) is 29.9. The molecule has 6 heteroatoms. The molecule has 1 aliphatic carbocycles. The normalized spacial score (nSPS) is 24.3. The molecule has 1 aliphatic heterocycles. The highest BCUT2D eigenvalue weighted by molar-refractivity contribution is 6.38. The van der Waals surface area contributed by atoms with Crippen LogP contribution in [0.15, 0.2) is 48.5 Å². The summed E-state index contributed by atoms with van der Waals surface area (Å²) in [6, 6.07) is 17.0. The largest absolute Gasteiger partial charge is 0.481 e. The van der Waals surface area contributed by atoms with Gasteiger partial charge in [-0.3, -0.25) is 9.59 Å². The first-order chi connectivity index (χ1) is 19.5. The molecule has 1 N–H and O–H groups in total. The number of hydrogen-bond acceptors (Lipinski definition) is 2. The lowest BCUT2D eigenvalue weighted by Crippen LogP contribution is -2.53. The van der Waals surface area contributed by atoms with E-state index in [1.807, 2.05) is 31.7 Å². The summed E-state index contributed by atoms with van der Waals surface area (Å²) in [7, 11) is 0. The number of carbonyl (C=O) groups is 2. The van der Waals surface area contributed by atoms with Gasteiger partial charge in [0.15, 0.2) is 0 Å². The molecule has 0 spiro atoms. The van der Waals surface area contributed by atoms with E-state index in [4.69, 9.17) is 23.2 Å². The third-order valence-corrected chi connectivity index (χ3v) is 10.7. The van der Waals surface area contributed by atoms with Crippen LogP contribution in [-0.2, 0) is 16.6 Å². The van der Waals surface area contributed by atoms with Crippen LogP contribution in [-0.4, -0.2) is 35.0 Å². The fourth-order valence-electron chi connectivity index (χ4n) is 7.54. The van der Waals surface area contributed by atoms with Gasteiger partial charge in [0.2, 0.25) is 0 Å². The molecular formula is C35H41Cl2NO3. The number of rotatable bonds is 8. The Morgan fingerprint density at radius 3 is 2.46 bits per heavy atom. The molecule has 0 radical (unpaired) electrons. The molecule has 218 valence electrons. The van der Waals surface area contributed by atoms with Crippen LogP contribution in [0, 0.1) is 11.3 Å². The minimum Gasteiger partial charge on any atom is -0.481 e. The zero-order chi connectivity index (χ0) is 29.5. The third-order valence-electron chi connectivity index (χ3n) is 9.98. The molecule has 1 heterocycles. The molecule has 1 saturated carbocycles. The Morgan fingerprint density at radius 2 is 1.76 bits per heavy atom. The minimum atomic E-state index is -0.946. The monoisotopic (exact) mass is 593 g/mol. The van der Waals surface area contributed by atoms with E-state index < -0.39 is 16.8 Å². The molecule has 0 aromatic heterocycles. The molecule has 1 unspecified atom stereocenters. The molecule has 3 aromatic rings. The molecule has 4 nitrogen and oxygen atoms in total. The number of amides is 1. The van der Waals surface area contributed by atoms with E-state index in [2.05, 4.69) is 49.4 Å². The molecule has 1 amide bonds. The Balaban J connectivity index is 1.41. The summed E-state index contributed by atoms with van der Waals surface area (Å²) in [4.78, 5) is 28.9. The highest BCUT2D eigenvalue weighted by Crippen LogP contribution is 2.56. The Labute approximate surface area is 254 Å². The number of fused-ring (bicyclic) bond motifs is 4. The first-order valence-corrected chi connectivity index (χ1v) is 15.8. The predicted octanol–water partition coefficient (Wildman–Crippen LogP) is 9.29. The molecule has 0 bridgehead atoms. The predicted molar refractivity (Wildman–Crippen MR) is 168 cm³/mol. The van der Waals surface area contributed by atoms with E-state index >= 15 is 0 Å². The molecule has 3 atom stereocenters. The number of aryl methyl sites for hydroxylation is 1. The van der Waals surface area contributed by atoms with Gasteiger partial charge in [0, 0.05) is 24.0 Å². The van der Waals surface area contributed by atoms with Gasteiger partial charge in [0.05, 0.1) is 16.0 Å². The zero-order valence-electron chi connectivity index (χ0n) is 24.6. The Kier molecular flexibility index (Phi) is 8.47. The molecule has 41 heavy (non-hydrogen) atoms. The molecule has 1 fully saturated rings. The van der Waals surface area contributed by atoms with Crippen molar-refractivity contribution in [2.75, 3.05) is 13.1 Å². The van der Waals surface area contributed by atoms with E-state index in [-0.39, 0.29) is 17.7 Å². The maximum atomic E-state index is 14.3. The van der Waals surface area contributed by atoms with Crippen LogP contribution in [0.5, 0.6) is 0 Å². The van der Waals surface area contributed by atoms with Crippen molar-refractivity contribution < 1.29 is 14.7 Å². The maximum absolute atomic E-state index is 14.3. The van der Waals surface area contributed by atoms with Crippen LogP contribution in [0.3, 0.4) is 0 Å². The van der Waals surface area contributed by atoms with Gasteiger partial charge < -0.3 is 10.0 Å². The highest BCUT2D eigenvalue weighted by atomic mass is 35.5. The fourth-order valence-corrected chi connectivity index (χ4v) is 8.51. The smallest absolute Gasteiger partial charge is 0.309 e. The van der Waals surface area contributed by atoms with Crippen molar-refractivity contribution in [1.82, 2.24) is 4.90 Å². The van der Waals surface area contributed by atoms with Crippen molar-refractivity contribution in [3.63, 3.8) is 0 Å². The van der Waals surface area contributed by atoms with Crippen molar-refractivity contribution in [2.45, 2.75) is 84.0 Å². The van der Waals surface area contributed by atoms with Crippen molar-refractivity contribution in [1.29, 1.82) is 0 Å². The van der Waals surface area contributed by atoms with Crippen molar-refractivity contribution >= 4 is 45.9 Å². The van der Waals surface area contributed by atoms with Gasteiger partial charge in [0.25, 0.3) is 5.91 Å². The molecular weight excluding hydrogens is 553 g/mol. The summed E-state index contributed by atoms with van der Waals surface area (Å²) in [5.41, 5.74) is 1.98. The lowest BCUT2D eigenvalue weighted by molar-refractivity contribution is -0.157. The second-order valence-electron chi connectivity index (χ2n) is 13.0. The number of hydrogen-bond donors (Lipinski definition) is 1. The summed E-state index contributed by atoms with van der Waals surface area (Å²) in [6.07, 6.45) is 6.02. The van der Waals surface area contributed by atoms with E-state index in [9.17, 15) is 14.7 Å². The summed E-state index contributed by atoms with van der Waals surface area (Å²) < 4.78 is 0. The van der Waals surface area contributed by atoms with Crippen LogP contribution in [0.25, 0.3) is 10.8 Å². The fraction of sp³-hybridized carbons (Fsp3) is 0.486. The number of carbonyl (C=O) groups excluding carboxylic acids is 1. The van der Waals surface area contributed by atoms with Crippen LogP contribution < -0.4 is 0 Å². The van der Waals surface area contributed by atoms with Crippen LogP contribution in [0.1, 0.15) is 99.2 Å². The molecule has 5 rings (SSSR count). The zero-order valence-corrected chi connectivity index (χ0v) is 26.1. The van der Waals surface area contributed by atoms with E-state index in [1.165, 1.54) is 16.3 Å². The first-order valence-electron chi connectivity index (χ1n) is 15.0. The SMILES string of the molecule is CC(C)c1c(Cl)cc2c(c1Cl)C(=O)N(CCCCCc1ccc3ccccc3c1)CC1[C@](C)(C(=O)O)CCC[C@]21C. The van der Waals surface area contributed by atoms with Gasteiger partial charge in [-0.05, 0) is 83.9 Å². The molecule has 2 aliphatic rings. The summed E-state index contributed by atoms with van der Waals surface area (Å²) in [6.45, 7) is 9.02. The van der Waals surface area contributed by atoms with E-state index in [0.29, 0.717) is 35.1 Å². The second kappa shape index (κ2) is 11.6. The summed E-state index contributed by atoms with van der Waals surface area (Å²) in [5.74, 6) is -1.09. The Bertz CT molecular complexity index is 1480. The van der Waals surface area contributed by atoms with Crippen molar-refractivity contribution in [2.24, 2.45) is 11.3 Å². The van der Waals surface area contributed by atoms with Gasteiger partial charge >= 0.3 is 5.97 Å². The van der Waals surface area contributed by atoms with Gasteiger partial charge in [-0.15, -0.1) is 0 Å². The topological polar surface area (TPSA) is 57.6 Å². The number of nitrogens with zero attached hydrogens (tertiary/aromatic N) is 1. The lowest BCUT2D eigenvalue weighted by atomic mass is 9.53. The van der Waals surface area contributed by atoms with Gasteiger partial charge in [-0.1, -0.05) is 99.3 Å². The number of unbranched alkanes of at least 4 members (excludes halogenated alkanes) is 2. The number of carboxylic acids is 1. The van der Waals surface area contributed by atoms with Crippen molar-refractivity contribution in [3.8, 4) is 0 Å². The minimum absolute atomic E-state index is 0.0548. The highest BCUT2D eigenvalue weighted by Gasteiger charge is 2.57. The van der Waals surface area contributed by atoms with Gasteiger partial charge in [-0.25, -0.2) is 0 Å². The summed E-state index contributed by atoms with van der Waals surface area (Å²) >= 11 is 13.8. The second-order valence-corrected chi connectivity index (χ2v) is 13.7. The van der Waals surface area contributed by atoms with Crippen LogP contribution in [0.2, 0.25) is 10.0 Å². The standard InChI is InChI=1S/C35H41Cl2NO3/c1-22(2)29-27(36)20-26-30(31(29)37)32(39)38(21-28-34(26,3)16-10-17-35(28,4)33(40)41)18-9-5-6-11-23-14-15-24-12-7-8-13-25(24)19-23/h7-8,12-15,19-20,22,28H,5-6,9-11,16-18,21H2,1-4H3,(H,40,41)/t28?,34-,35-/m1/s1. The van der Waals surface area contributed by atoms with E-state index in [0.717, 1.165) is 49.7 Å². The van der Waals surface area contributed by atoms with Crippen LogP contribution >= 0.6 is 23.2 Å². The van der Waals surface area contributed by atoms with Crippen LogP contribution in [0.4, 0.5) is 0 Å². The van der Waals surface area contributed by atoms with Gasteiger partial charge in [0.1, 0.15) is 0 Å². The Morgan fingerprint density at radius 1 is 1.02 bits per heavy atom. The van der Waals surface area contributed by atoms with Gasteiger partial charge in [-0.2, -0.15) is 0 Å². The average molecular weight is 595 g/mol. The van der Waals surface area contributed by atoms with Crippen molar-refractivity contribution in [3.05, 3.63) is 80.8 Å². The summed E-state index contributed by atoms with van der Waals surface area (Å²) in [5, 5.41) is 13.9. The quantitative estimate of drug-likeness (QED) is 0.265. The van der Waals surface area contributed by atoms with E-state index in [1.54, 1.807) is 0 Å². The lowest BCUT2D eigenvalue weighted by Gasteiger charge is -2.50. The number of aliphatic carboxylic acids is 1. The third kappa shape index (κ3) is 5.39. The molecule has 0 saturated heterocycles. The Hall–Kier alpha value is -2.56. The number of halogens is 2. The maximum Gasteiger partial charge on any atom is 0.309 e. The number of carboxylic acid groups (broad SMARTS) is 1. The number of benzene rings is 3.